The number of carbonyl (C=O) groups is 1. The van der Waals surface area contributed by atoms with E-state index in [9.17, 15) is 31.5 Å². The molecule has 4 rings (SSSR count). The monoisotopic (exact) mass is 598 g/mol. The van der Waals surface area contributed by atoms with E-state index in [2.05, 4.69) is 5.32 Å². The second kappa shape index (κ2) is 13.2. The summed E-state index contributed by atoms with van der Waals surface area (Å²) in [5.41, 5.74) is -0.235. The van der Waals surface area contributed by atoms with E-state index in [1.54, 1.807) is 6.08 Å². The van der Waals surface area contributed by atoms with Crippen LogP contribution < -0.4 is 10.1 Å². The number of carbonyl (C=O) groups excluding carboxylic acids is 1. The zero-order chi connectivity index (χ0) is 29.6. The van der Waals surface area contributed by atoms with Crippen molar-refractivity contribution in [3.63, 3.8) is 0 Å². The first-order chi connectivity index (χ1) is 19.5. The van der Waals surface area contributed by atoms with Crippen molar-refractivity contribution in [2.75, 3.05) is 40.0 Å². The van der Waals surface area contributed by atoms with E-state index in [0.29, 0.717) is 23.8 Å². The Kier molecular flexibility index (Phi) is 9.95. The average Bonchev–Trinajstić information content (AvgIpc) is 3.79. The summed E-state index contributed by atoms with van der Waals surface area (Å²) in [5, 5.41) is 12.3. The number of hydrogen-bond acceptors (Lipinski definition) is 7. The van der Waals surface area contributed by atoms with Gasteiger partial charge in [0, 0.05) is 32.0 Å². The van der Waals surface area contributed by atoms with Crippen LogP contribution in [0.3, 0.4) is 0 Å². The minimum absolute atomic E-state index is 0.00938. The number of alkyl halides is 3. The predicted molar refractivity (Wildman–Crippen MR) is 142 cm³/mol. The van der Waals surface area contributed by atoms with Crippen LogP contribution in [0.5, 0.6) is 5.75 Å². The SMILES string of the molecule is COc1ccc(S(=O)(=O)N(CCO)CCO[C@H]2C[C@@H](c3ccc(C(F)(F)F)cc3)C=C(C(=O)NCC3CC3)O2)cc1. The van der Waals surface area contributed by atoms with Crippen LogP contribution in [-0.4, -0.2) is 70.0 Å². The lowest BCUT2D eigenvalue weighted by Crippen LogP contribution is -2.38. The molecule has 2 N–H and O–H groups in total. The van der Waals surface area contributed by atoms with Crippen molar-refractivity contribution in [1.82, 2.24) is 9.62 Å². The van der Waals surface area contributed by atoms with Gasteiger partial charge < -0.3 is 24.6 Å². The van der Waals surface area contributed by atoms with Gasteiger partial charge in [0.15, 0.2) is 5.76 Å². The molecule has 1 amide bonds. The topological polar surface area (TPSA) is 114 Å². The van der Waals surface area contributed by atoms with Crippen molar-refractivity contribution in [1.29, 1.82) is 0 Å². The fourth-order valence-electron chi connectivity index (χ4n) is 4.36. The number of sulfonamides is 1. The van der Waals surface area contributed by atoms with Crippen LogP contribution in [0.4, 0.5) is 13.2 Å². The molecule has 0 unspecified atom stereocenters. The van der Waals surface area contributed by atoms with Gasteiger partial charge in [0.05, 0.1) is 30.8 Å². The molecule has 1 saturated carbocycles. The van der Waals surface area contributed by atoms with E-state index in [0.717, 1.165) is 29.3 Å². The summed E-state index contributed by atoms with van der Waals surface area (Å²) in [6.07, 6.45) is -1.62. The number of benzene rings is 2. The summed E-state index contributed by atoms with van der Waals surface area (Å²) >= 11 is 0. The maximum absolute atomic E-state index is 13.2. The third-order valence-electron chi connectivity index (χ3n) is 6.89. The van der Waals surface area contributed by atoms with E-state index < -0.39 is 46.5 Å². The summed E-state index contributed by atoms with van der Waals surface area (Å²) in [6, 6.07) is 10.5. The molecule has 2 aliphatic rings. The Morgan fingerprint density at radius 1 is 1.10 bits per heavy atom. The molecule has 2 atom stereocenters. The molecule has 0 aromatic heterocycles. The van der Waals surface area contributed by atoms with Crippen LogP contribution in [0.15, 0.2) is 65.3 Å². The normalized spacial score (nSPS) is 19.4. The van der Waals surface area contributed by atoms with Crippen LogP contribution in [-0.2, 0) is 30.5 Å². The van der Waals surface area contributed by atoms with Crippen LogP contribution in [0.1, 0.15) is 36.3 Å². The Morgan fingerprint density at radius 3 is 2.37 bits per heavy atom. The van der Waals surface area contributed by atoms with Gasteiger partial charge in [-0.2, -0.15) is 17.5 Å². The number of nitrogens with zero attached hydrogens (tertiary/aromatic N) is 1. The minimum atomic E-state index is -4.48. The predicted octanol–water partition coefficient (Wildman–Crippen LogP) is 3.65. The summed E-state index contributed by atoms with van der Waals surface area (Å²) in [6.45, 7) is -0.343. The third-order valence-corrected chi connectivity index (χ3v) is 8.80. The Labute approximate surface area is 236 Å². The van der Waals surface area contributed by atoms with E-state index >= 15 is 0 Å². The number of halogens is 3. The van der Waals surface area contributed by atoms with E-state index in [1.165, 1.54) is 43.5 Å². The number of methoxy groups -OCH3 is 1. The second-order valence-electron chi connectivity index (χ2n) is 9.87. The zero-order valence-electron chi connectivity index (χ0n) is 22.5. The highest BCUT2D eigenvalue weighted by molar-refractivity contribution is 7.89. The number of aliphatic hydroxyl groups excluding tert-OH is 1. The molecule has 41 heavy (non-hydrogen) atoms. The maximum atomic E-state index is 13.2. The molecule has 2 aromatic rings. The van der Waals surface area contributed by atoms with Crippen LogP contribution in [0, 0.1) is 5.92 Å². The molecular formula is C28H33F3N2O7S. The van der Waals surface area contributed by atoms with Gasteiger partial charge in [0.1, 0.15) is 5.75 Å². The zero-order valence-corrected chi connectivity index (χ0v) is 23.3. The number of ether oxygens (including phenoxy) is 3. The number of aliphatic hydroxyl groups is 1. The van der Waals surface area contributed by atoms with Crippen molar-refractivity contribution < 1.29 is 45.7 Å². The number of rotatable bonds is 13. The van der Waals surface area contributed by atoms with Gasteiger partial charge in [-0.1, -0.05) is 12.1 Å². The van der Waals surface area contributed by atoms with Crippen LogP contribution in [0.25, 0.3) is 0 Å². The van der Waals surface area contributed by atoms with Gasteiger partial charge >= 0.3 is 6.18 Å². The average molecular weight is 599 g/mol. The van der Waals surface area contributed by atoms with E-state index in [-0.39, 0.29) is 36.8 Å². The lowest BCUT2D eigenvalue weighted by molar-refractivity contribution is -0.146. The Balaban J connectivity index is 1.45. The van der Waals surface area contributed by atoms with Gasteiger partial charge in [0.2, 0.25) is 16.3 Å². The highest BCUT2D eigenvalue weighted by Crippen LogP contribution is 2.35. The molecular weight excluding hydrogens is 565 g/mol. The van der Waals surface area contributed by atoms with Crippen molar-refractivity contribution in [2.24, 2.45) is 5.92 Å². The smallest absolute Gasteiger partial charge is 0.416 e. The molecule has 0 spiro atoms. The van der Waals surface area contributed by atoms with Gasteiger partial charge in [-0.25, -0.2) is 8.42 Å². The fraction of sp³-hybridized carbons (Fsp3) is 0.464. The second-order valence-corrected chi connectivity index (χ2v) is 11.8. The number of hydrogen-bond donors (Lipinski definition) is 2. The maximum Gasteiger partial charge on any atom is 0.416 e. The Bertz CT molecular complexity index is 1310. The molecule has 0 saturated heterocycles. The first-order valence-corrected chi connectivity index (χ1v) is 14.7. The molecule has 2 aromatic carbocycles. The number of nitrogens with one attached hydrogen (secondary N) is 1. The summed E-state index contributed by atoms with van der Waals surface area (Å²) in [7, 11) is -2.50. The molecule has 1 aliphatic carbocycles. The summed E-state index contributed by atoms with van der Waals surface area (Å²) < 4.78 is 83.3. The Hall–Kier alpha value is -3.13. The van der Waals surface area contributed by atoms with Gasteiger partial charge in [-0.05, 0) is 66.8 Å². The van der Waals surface area contributed by atoms with Crippen LogP contribution >= 0.6 is 0 Å². The standard InChI is InChI=1S/C28H33F3N2O7S/c1-38-23-8-10-24(11-9-23)41(36,37)33(12-14-34)13-15-39-26-17-21(20-4-6-22(7-5-20)28(29,30)31)16-25(40-26)27(35)32-18-19-2-3-19/h4-11,16,19,21,26,34H,2-3,12-15,17-18H2,1H3,(H,32,35)/t21-,26+/m0/s1. The molecule has 224 valence electrons. The lowest BCUT2D eigenvalue weighted by Gasteiger charge is -2.30. The highest BCUT2D eigenvalue weighted by atomic mass is 32.2. The van der Waals surface area contributed by atoms with Crippen molar-refractivity contribution >= 4 is 15.9 Å². The fourth-order valence-corrected chi connectivity index (χ4v) is 5.78. The largest absolute Gasteiger partial charge is 0.497 e. The summed E-state index contributed by atoms with van der Waals surface area (Å²) in [4.78, 5) is 12.8. The number of allylic oxidation sites excluding steroid dienone is 1. The molecule has 1 aliphatic heterocycles. The molecule has 0 bridgehead atoms. The first kappa shape index (κ1) is 30.8. The quantitative estimate of drug-likeness (QED) is 0.362. The van der Waals surface area contributed by atoms with Crippen LogP contribution in [0.2, 0.25) is 0 Å². The molecule has 1 fully saturated rings. The van der Waals surface area contributed by atoms with Crippen molar-refractivity contribution in [2.45, 2.75) is 42.5 Å². The molecule has 0 radical (unpaired) electrons. The van der Waals surface area contributed by atoms with E-state index in [1.807, 2.05) is 0 Å². The van der Waals surface area contributed by atoms with Gasteiger partial charge in [-0.3, -0.25) is 4.79 Å². The van der Waals surface area contributed by atoms with Gasteiger partial charge in [0.25, 0.3) is 5.91 Å². The first-order valence-electron chi connectivity index (χ1n) is 13.2. The summed E-state index contributed by atoms with van der Waals surface area (Å²) in [5.74, 6) is -0.0284. The number of amides is 1. The minimum Gasteiger partial charge on any atom is -0.497 e. The van der Waals surface area contributed by atoms with E-state index in [4.69, 9.17) is 14.2 Å². The Morgan fingerprint density at radius 2 is 1.78 bits per heavy atom. The van der Waals surface area contributed by atoms with Gasteiger partial charge in [-0.15, -0.1) is 0 Å². The van der Waals surface area contributed by atoms with Crippen molar-refractivity contribution in [3.8, 4) is 5.75 Å². The molecule has 1 heterocycles. The highest BCUT2D eigenvalue weighted by Gasteiger charge is 2.33. The molecule has 9 nitrogen and oxygen atoms in total. The molecule has 13 heteroatoms. The lowest BCUT2D eigenvalue weighted by atomic mass is 9.92. The third kappa shape index (κ3) is 8.22. The van der Waals surface area contributed by atoms with Crippen molar-refractivity contribution in [3.05, 3.63) is 71.5 Å².